The van der Waals surface area contributed by atoms with E-state index in [9.17, 15) is 13.2 Å². The van der Waals surface area contributed by atoms with Gasteiger partial charge in [0.1, 0.15) is 5.25 Å². The summed E-state index contributed by atoms with van der Waals surface area (Å²) in [5.41, 5.74) is 0.788. The standard InChI is InChI=1S/C11H17N3O3S2/c1-11(2,3)8-6-18-10(13-8)14-5-7(4-9(14)15)19(12,16)17/h6-7H,4-5H2,1-3H3,(H2,12,16,17). The average Bonchev–Trinajstić information content (AvgIpc) is 2.80. The molecule has 1 aromatic rings. The third kappa shape index (κ3) is 2.96. The second-order valence-electron chi connectivity index (χ2n) is 5.68. The number of aromatic nitrogens is 1. The van der Waals surface area contributed by atoms with Crippen LogP contribution < -0.4 is 10.0 Å². The lowest BCUT2D eigenvalue weighted by Gasteiger charge is -2.15. The molecule has 1 amide bonds. The summed E-state index contributed by atoms with van der Waals surface area (Å²) in [5, 5.41) is 6.70. The van der Waals surface area contributed by atoms with E-state index in [1.807, 2.05) is 26.2 Å². The molecular formula is C11H17N3O3S2. The Kier molecular flexibility index (Phi) is 3.44. The minimum absolute atomic E-state index is 0.0662. The molecule has 1 aromatic heterocycles. The number of thiazole rings is 1. The second kappa shape index (κ2) is 4.53. The molecule has 1 fully saturated rings. The zero-order chi connectivity index (χ0) is 14.4. The van der Waals surface area contributed by atoms with E-state index in [4.69, 9.17) is 5.14 Å². The van der Waals surface area contributed by atoms with Gasteiger partial charge in [-0.1, -0.05) is 20.8 Å². The van der Waals surface area contributed by atoms with Gasteiger partial charge in [0.05, 0.1) is 5.69 Å². The molecule has 1 aliphatic rings. The van der Waals surface area contributed by atoms with Gasteiger partial charge in [-0.15, -0.1) is 11.3 Å². The average molecular weight is 303 g/mol. The summed E-state index contributed by atoms with van der Waals surface area (Å²) >= 11 is 1.35. The first-order chi connectivity index (χ1) is 8.59. The van der Waals surface area contributed by atoms with Gasteiger partial charge in [0, 0.05) is 23.8 Å². The van der Waals surface area contributed by atoms with Crippen LogP contribution in [0.3, 0.4) is 0 Å². The number of nitrogens with zero attached hydrogens (tertiary/aromatic N) is 2. The largest absolute Gasteiger partial charge is 0.287 e. The van der Waals surface area contributed by atoms with Crippen molar-refractivity contribution in [2.75, 3.05) is 11.4 Å². The van der Waals surface area contributed by atoms with Gasteiger partial charge in [-0.2, -0.15) is 0 Å². The Labute approximate surface area is 116 Å². The van der Waals surface area contributed by atoms with Crippen LogP contribution in [-0.2, 0) is 20.2 Å². The van der Waals surface area contributed by atoms with E-state index in [1.54, 1.807) is 0 Å². The number of carbonyl (C=O) groups excluding carboxylic acids is 1. The highest BCUT2D eigenvalue weighted by Gasteiger charge is 2.38. The van der Waals surface area contributed by atoms with Gasteiger partial charge in [0.25, 0.3) is 0 Å². The van der Waals surface area contributed by atoms with Crippen molar-refractivity contribution in [3.63, 3.8) is 0 Å². The van der Waals surface area contributed by atoms with Crippen LogP contribution in [0.1, 0.15) is 32.9 Å². The Bertz CT molecular complexity index is 601. The number of rotatable bonds is 2. The highest BCUT2D eigenvalue weighted by Crippen LogP contribution is 2.31. The van der Waals surface area contributed by atoms with E-state index >= 15 is 0 Å². The third-order valence-electron chi connectivity index (χ3n) is 3.05. The van der Waals surface area contributed by atoms with Crippen molar-refractivity contribution in [1.82, 2.24) is 4.98 Å². The molecule has 0 bridgehead atoms. The summed E-state index contributed by atoms with van der Waals surface area (Å²) < 4.78 is 22.6. The van der Waals surface area contributed by atoms with Crippen LogP contribution in [-0.4, -0.2) is 31.1 Å². The number of hydrogen-bond acceptors (Lipinski definition) is 5. The molecule has 19 heavy (non-hydrogen) atoms. The van der Waals surface area contributed by atoms with Crippen molar-refractivity contribution in [2.45, 2.75) is 37.9 Å². The van der Waals surface area contributed by atoms with Crippen molar-refractivity contribution in [2.24, 2.45) is 5.14 Å². The lowest BCUT2D eigenvalue weighted by molar-refractivity contribution is -0.117. The SMILES string of the molecule is CC(C)(C)c1csc(N2CC(S(N)(=O)=O)CC2=O)n1. The van der Waals surface area contributed by atoms with Crippen LogP contribution >= 0.6 is 11.3 Å². The lowest BCUT2D eigenvalue weighted by Crippen LogP contribution is -2.32. The van der Waals surface area contributed by atoms with E-state index in [-0.39, 0.29) is 24.3 Å². The second-order valence-corrected chi connectivity index (χ2v) is 8.37. The molecule has 0 radical (unpaired) electrons. The summed E-state index contributed by atoms with van der Waals surface area (Å²) in [6, 6.07) is 0. The fourth-order valence-electron chi connectivity index (χ4n) is 1.81. The van der Waals surface area contributed by atoms with Gasteiger partial charge in [-0.3, -0.25) is 9.69 Å². The van der Waals surface area contributed by atoms with Crippen molar-refractivity contribution < 1.29 is 13.2 Å². The zero-order valence-corrected chi connectivity index (χ0v) is 12.7. The molecule has 1 atom stereocenters. The summed E-state index contributed by atoms with van der Waals surface area (Å²) in [7, 11) is -3.68. The maximum atomic E-state index is 11.9. The summed E-state index contributed by atoms with van der Waals surface area (Å²) in [4.78, 5) is 17.7. The quantitative estimate of drug-likeness (QED) is 0.876. The highest BCUT2D eigenvalue weighted by molar-refractivity contribution is 7.89. The smallest absolute Gasteiger partial charge is 0.230 e. The van der Waals surface area contributed by atoms with Gasteiger partial charge < -0.3 is 0 Å². The maximum absolute atomic E-state index is 11.9. The Balaban J connectivity index is 2.24. The highest BCUT2D eigenvalue weighted by atomic mass is 32.2. The van der Waals surface area contributed by atoms with Gasteiger partial charge in [0.2, 0.25) is 15.9 Å². The molecule has 1 aliphatic heterocycles. The molecule has 0 aliphatic carbocycles. The number of primary sulfonamides is 1. The molecule has 0 spiro atoms. The number of nitrogens with two attached hydrogens (primary N) is 1. The van der Waals surface area contributed by atoms with Crippen molar-refractivity contribution >= 4 is 32.4 Å². The van der Waals surface area contributed by atoms with Crippen LogP contribution in [0.4, 0.5) is 5.13 Å². The summed E-state index contributed by atoms with van der Waals surface area (Å²) in [6.45, 7) is 6.19. The molecule has 0 aromatic carbocycles. The molecule has 0 saturated carbocycles. The number of sulfonamides is 1. The van der Waals surface area contributed by atoms with Crippen molar-refractivity contribution in [1.29, 1.82) is 0 Å². The van der Waals surface area contributed by atoms with E-state index < -0.39 is 15.3 Å². The maximum Gasteiger partial charge on any atom is 0.230 e. The van der Waals surface area contributed by atoms with Gasteiger partial charge in [-0.25, -0.2) is 18.5 Å². The Hall–Kier alpha value is -0.990. The van der Waals surface area contributed by atoms with E-state index in [0.717, 1.165) is 5.69 Å². The number of hydrogen-bond donors (Lipinski definition) is 1. The Morgan fingerprint density at radius 3 is 2.53 bits per heavy atom. The normalized spacial score (nSPS) is 21.2. The molecule has 106 valence electrons. The monoisotopic (exact) mass is 303 g/mol. The van der Waals surface area contributed by atoms with E-state index in [2.05, 4.69) is 4.98 Å². The molecule has 1 saturated heterocycles. The number of amides is 1. The topological polar surface area (TPSA) is 93.4 Å². The zero-order valence-electron chi connectivity index (χ0n) is 11.1. The molecule has 8 heteroatoms. The van der Waals surface area contributed by atoms with Crippen LogP contribution in [0.25, 0.3) is 0 Å². The third-order valence-corrected chi connectivity index (χ3v) is 5.15. The van der Waals surface area contributed by atoms with Gasteiger partial charge >= 0.3 is 0 Å². The predicted molar refractivity (Wildman–Crippen MR) is 74.7 cm³/mol. The van der Waals surface area contributed by atoms with Crippen LogP contribution in [0.5, 0.6) is 0 Å². The van der Waals surface area contributed by atoms with Crippen LogP contribution in [0.15, 0.2) is 5.38 Å². The first-order valence-corrected chi connectivity index (χ1v) is 8.36. The lowest BCUT2D eigenvalue weighted by atomic mass is 9.93. The first-order valence-electron chi connectivity index (χ1n) is 5.87. The molecule has 2 rings (SSSR count). The molecular weight excluding hydrogens is 286 g/mol. The Morgan fingerprint density at radius 1 is 1.47 bits per heavy atom. The van der Waals surface area contributed by atoms with E-state index in [1.165, 1.54) is 16.2 Å². The van der Waals surface area contributed by atoms with E-state index in [0.29, 0.717) is 5.13 Å². The minimum Gasteiger partial charge on any atom is -0.287 e. The fourth-order valence-corrected chi connectivity index (χ4v) is 3.62. The van der Waals surface area contributed by atoms with Crippen LogP contribution in [0, 0.1) is 0 Å². The summed E-state index contributed by atoms with van der Waals surface area (Å²) in [6.07, 6.45) is -0.0662. The van der Waals surface area contributed by atoms with Crippen molar-refractivity contribution in [3.8, 4) is 0 Å². The van der Waals surface area contributed by atoms with Gasteiger partial charge in [-0.05, 0) is 0 Å². The molecule has 2 N–H and O–H groups in total. The van der Waals surface area contributed by atoms with Crippen LogP contribution in [0.2, 0.25) is 0 Å². The summed E-state index contributed by atoms with van der Waals surface area (Å²) in [5.74, 6) is -0.242. The number of carbonyl (C=O) groups is 1. The minimum atomic E-state index is -3.68. The number of anilines is 1. The predicted octanol–water partition coefficient (Wildman–Crippen LogP) is 0.834. The molecule has 1 unspecified atom stereocenters. The molecule has 6 nitrogen and oxygen atoms in total. The first kappa shape index (κ1) is 14.4. The van der Waals surface area contributed by atoms with Gasteiger partial charge in [0.15, 0.2) is 5.13 Å². The Morgan fingerprint density at radius 2 is 2.11 bits per heavy atom. The molecule has 2 heterocycles. The van der Waals surface area contributed by atoms with Crippen molar-refractivity contribution in [3.05, 3.63) is 11.1 Å². The fraction of sp³-hybridized carbons (Fsp3) is 0.636.